The fourth-order valence-corrected chi connectivity index (χ4v) is 2.35. The zero-order chi connectivity index (χ0) is 12.3. The van der Waals surface area contributed by atoms with Gasteiger partial charge in [0.1, 0.15) is 0 Å². The molecule has 0 saturated heterocycles. The van der Waals surface area contributed by atoms with Crippen LogP contribution in [-0.4, -0.2) is 22.6 Å². The Morgan fingerprint density at radius 1 is 1.59 bits per heavy atom. The Morgan fingerprint density at radius 3 is 2.94 bits per heavy atom. The molecule has 4 heteroatoms. The largest absolute Gasteiger partial charge is 0.333 e. The maximum Gasteiger partial charge on any atom is 0.0948 e. The van der Waals surface area contributed by atoms with Crippen molar-refractivity contribution < 1.29 is 0 Å². The van der Waals surface area contributed by atoms with E-state index in [1.54, 1.807) is 0 Å². The fourth-order valence-electron chi connectivity index (χ4n) is 2.35. The first-order valence-corrected chi connectivity index (χ1v) is 6.69. The van der Waals surface area contributed by atoms with Gasteiger partial charge in [0, 0.05) is 19.3 Å². The molecule has 0 aromatic carbocycles. The topological polar surface area (TPSA) is 55.9 Å². The van der Waals surface area contributed by atoms with Crippen molar-refractivity contribution in [3.63, 3.8) is 0 Å². The van der Waals surface area contributed by atoms with Gasteiger partial charge in [-0.2, -0.15) is 0 Å². The molecule has 4 nitrogen and oxygen atoms in total. The Bertz CT molecular complexity index is 343. The van der Waals surface area contributed by atoms with Crippen LogP contribution in [0.3, 0.4) is 0 Å². The van der Waals surface area contributed by atoms with E-state index in [1.807, 2.05) is 12.5 Å². The second-order valence-corrected chi connectivity index (χ2v) is 5.12. The lowest BCUT2D eigenvalue weighted by Crippen LogP contribution is -2.33. The van der Waals surface area contributed by atoms with Gasteiger partial charge in [0.2, 0.25) is 0 Å². The highest BCUT2D eigenvalue weighted by Gasteiger charge is 2.28. The summed E-state index contributed by atoms with van der Waals surface area (Å²) in [4.78, 5) is 4.20. The molecule has 3 N–H and O–H groups in total. The molecular formula is C13H24N4. The van der Waals surface area contributed by atoms with E-state index in [1.165, 1.54) is 18.5 Å². The van der Waals surface area contributed by atoms with Crippen molar-refractivity contribution in [1.82, 2.24) is 14.9 Å². The highest BCUT2D eigenvalue weighted by Crippen LogP contribution is 2.36. The van der Waals surface area contributed by atoms with Gasteiger partial charge in [-0.15, -0.1) is 0 Å². The number of nitrogens with two attached hydrogens (primary N) is 1. The molecule has 2 atom stereocenters. The Morgan fingerprint density at radius 2 is 2.35 bits per heavy atom. The van der Waals surface area contributed by atoms with Crippen LogP contribution in [0.2, 0.25) is 0 Å². The minimum atomic E-state index is 0.235. The maximum absolute atomic E-state index is 5.86. The summed E-state index contributed by atoms with van der Waals surface area (Å²) in [7, 11) is 0. The zero-order valence-electron chi connectivity index (χ0n) is 10.9. The molecule has 1 aromatic heterocycles. The summed E-state index contributed by atoms with van der Waals surface area (Å²) in [5, 5.41) is 3.58. The molecule has 1 fully saturated rings. The minimum Gasteiger partial charge on any atom is -0.333 e. The second kappa shape index (κ2) is 5.65. The standard InChI is InChI=1S/C13H24N4/c1-3-17-9-15-8-13(17)12(6-14)16-7-10(2)11-4-5-11/h8-12,16H,3-7,14H2,1-2H3. The molecular weight excluding hydrogens is 212 g/mol. The molecule has 1 saturated carbocycles. The first-order chi connectivity index (χ1) is 8.26. The van der Waals surface area contributed by atoms with Crippen molar-refractivity contribution in [2.45, 2.75) is 39.3 Å². The molecule has 1 aliphatic rings. The number of hydrogen-bond donors (Lipinski definition) is 2. The van der Waals surface area contributed by atoms with Crippen LogP contribution in [0.1, 0.15) is 38.4 Å². The lowest BCUT2D eigenvalue weighted by Gasteiger charge is -2.20. The van der Waals surface area contributed by atoms with Gasteiger partial charge in [0.15, 0.2) is 0 Å². The summed E-state index contributed by atoms with van der Waals surface area (Å²) >= 11 is 0. The number of nitrogens with zero attached hydrogens (tertiary/aromatic N) is 2. The van der Waals surface area contributed by atoms with Crippen LogP contribution in [0, 0.1) is 11.8 Å². The Balaban J connectivity index is 1.91. The fraction of sp³-hybridized carbons (Fsp3) is 0.769. The van der Waals surface area contributed by atoms with Gasteiger partial charge in [-0.1, -0.05) is 6.92 Å². The van der Waals surface area contributed by atoms with Crippen molar-refractivity contribution in [3.8, 4) is 0 Å². The van der Waals surface area contributed by atoms with E-state index >= 15 is 0 Å². The number of nitrogens with one attached hydrogen (secondary N) is 1. The molecule has 0 bridgehead atoms. The van der Waals surface area contributed by atoms with Gasteiger partial charge in [-0.3, -0.25) is 0 Å². The van der Waals surface area contributed by atoms with Crippen LogP contribution >= 0.6 is 0 Å². The summed E-state index contributed by atoms with van der Waals surface area (Å²) in [5.74, 6) is 1.71. The highest BCUT2D eigenvalue weighted by atomic mass is 15.1. The van der Waals surface area contributed by atoms with Crippen molar-refractivity contribution in [2.24, 2.45) is 17.6 Å². The van der Waals surface area contributed by atoms with E-state index in [0.29, 0.717) is 6.54 Å². The summed E-state index contributed by atoms with van der Waals surface area (Å²) in [6.45, 7) is 7.09. The molecule has 2 unspecified atom stereocenters. The van der Waals surface area contributed by atoms with Crippen molar-refractivity contribution in [1.29, 1.82) is 0 Å². The number of hydrogen-bond acceptors (Lipinski definition) is 3. The Labute approximate surface area is 104 Å². The summed E-state index contributed by atoms with van der Waals surface area (Å²) in [6, 6.07) is 0.235. The SMILES string of the molecule is CCn1cncc1C(CN)NCC(C)C1CC1. The average Bonchev–Trinajstić information content (AvgIpc) is 3.09. The van der Waals surface area contributed by atoms with Crippen LogP contribution in [0.15, 0.2) is 12.5 Å². The van der Waals surface area contributed by atoms with E-state index in [-0.39, 0.29) is 6.04 Å². The minimum absolute atomic E-state index is 0.235. The molecule has 1 aromatic rings. The smallest absolute Gasteiger partial charge is 0.0948 e. The molecule has 96 valence electrons. The Hall–Kier alpha value is -0.870. The van der Waals surface area contributed by atoms with Crippen LogP contribution < -0.4 is 11.1 Å². The summed E-state index contributed by atoms with van der Waals surface area (Å²) in [5.41, 5.74) is 7.07. The zero-order valence-corrected chi connectivity index (χ0v) is 10.9. The van der Waals surface area contributed by atoms with E-state index in [0.717, 1.165) is 24.9 Å². The third kappa shape index (κ3) is 3.07. The number of aryl methyl sites for hydroxylation is 1. The van der Waals surface area contributed by atoms with Crippen LogP contribution in [0.5, 0.6) is 0 Å². The first kappa shape index (κ1) is 12.6. The molecule has 0 radical (unpaired) electrons. The molecule has 0 aliphatic heterocycles. The molecule has 0 amide bonds. The predicted octanol–water partition coefficient (Wildman–Crippen LogP) is 1.54. The average molecular weight is 236 g/mol. The van der Waals surface area contributed by atoms with E-state index in [2.05, 4.69) is 28.7 Å². The Kier molecular flexibility index (Phi) is 4.18. The van der Waals surface area contributed by atoms with Gasteiger partial charge in [0.05, 0.1) is 18.1 Å². The van der Waals surface area contributed by atoms with Crippen molar-refractivity contribution in [3.05, 3.63) is 18.2 Å². The van der Waals surface area contributed by atoms with Gasteiger partial charge in [-0.05, 0) is 38.1 Å². The number of imidazole rings is 1. The lowest BCUT2D eigenvalue weighted by atomic mass is 10.1. The summed E-state index contributed by atoms with van der Waals surface area (Å²) in [6.07, 6.45) is 6.62. The monoisotopic (exact) mass is 236 g/mol. The van der Waals surface area contributed by atoms with Gasteiger partial charge in [-0.25, -0.2) is 4.98 Å². The molecule has 2 rings (SSSR count). The first-order valence-electron chi connectivity index (χ1n) is 6.69. The van der Waals surface area contributed by atoms with Crippen LogP contribution in [-0.2, 0) is 6.54 Å². The highest BCUT2D eigenvalue weighted by molar-refractivity contribution is 5.06. The van der Waals surface area contributed by atoms with Gasteiger partial charge in [0.25, 0.3) is 0 Å². The van der Waals surface area contributed by atoms with Crippen LogP contribution in [0.4, 0.5) is 0 Å². The molecule has 1 aliphatic carbocycles. The molecule has 17 heavy (non-hydrogen) atoms. The van der Waals surface area contributed by atoms with Crippen LogP contribution in [0.25, 0.3) is 0 Å². The third-order valence-electron chi connectivity index (χ3n) is 3.79. The van der Waals surface area contributed by atoms with Crippen molar-refractivity contribution >= 4 is 0 Å². The maximum atomic E-state index is 5.86. The summed E-state index contributed by atoms with van der Waals surface area (Å²) < 4.78 is 2.16. The molecule has 1 heterocycles. The molecule has 0 spiro atoms. The van der Waals surface area contributed by atoms with Gasteiger partial charge >= 0.3 is 0 Å². The third-order valence-corrected chi connectivity index (χ3v) is 3.79. The van der Waals surface area contributed by atoms with Crippen molar-refractivity contribution in [2.75, 3.05) is 13.1 Å². The lowest BCUT2D eigenvalue weighted by molar-refractivity contribution is 0.412. The quantitative estimate of drug-likeness (QED) is 0.755. The predicted molar refractivity (Wildman–Crippen MR) is 69.6 cm³/mol. The number of rotatable bonds is 7. The van der Waals surface area contributed by atoms with E-state index < -0.39 is 0 Å². The van der Waals surface area contributed by atoms with E-state index in [9.17, 15) is 0 Å². The number of aromatic nitrogens is 2. The van der Waals surface area contributed by atoms with Gasteiger partial charge < -0.3 is 15.6 Å². The normalized spacial score (nSPS) is 19.2. The van der Waals surface area contributed by atoms with E-state index in [4.69, 9.17) is 5.73 Å². The second-order valence-electron chi connectivity index (χ2n) is 5.12.